The number of nitrogens with one attached hydrogen (secondary N) is 1. The van der Waals surface area contributed by atoms with Gasteiger partial charge in [0.2, 0.25) is 0 Å². The third-order valence-electron chi connectivity index (χ3n) is 2.92. The number of pyridine rings is 1. The van der Waals surface area contributed by atoms with Crippen molar-refractivity contribution in [2.45, 2.75) is 13.3 Å². The molecule has 0 aliphatic heterocycles. The highest BCUT2D eigenvalue weighted by molar-refractivity contribution is 9.10. The predicted molar refractivity (Wildman–Crippen MR) is 79.7 cm³/mol. The molecule has 2 aromatic rings. The number of nitrogen functional groups attached to an aromatic ring is 1. The lowest BCUT2D eigenvalue weighted by molar-refractivity contribution is 0.627. The van der Waals surface area contributed by atoms with Crippen molar-refractivity contribution < 1.29 is 4.39 Å². The summed E-state index contributed by atoms with van der Waals surface area (Å²) in [4.78, 5) is 4.24. The number of nitrogens with two attached hydrogens (primary N) is 1. The Morgan fingerprint density at radius 3 is 2.68 bits per heavy atom. The van der Waals surface area contributed by atoms with Gasteiger partial charge >= 0.3 is 0 Å². The minimum absolute atomic E-state index is 0.213. The Hall–Kier alpha value is -1.62. The zero-order valence-electron chi connectivity index (χ0n) is 10.6. The molecule has 1 aromatic carbocycles. The smallest absolute Gasteiger partial charge is 0.140 e. The van der Waals surface area contributed by atoms with Crippen molar-refractivity contribution in [2.75, 3.05) is 17.6 Å². The van der Waals surface area contributed by atoms with E-state index in [9.17, 15) is 4.39 Å². The molecule has 0 saturated heterocycles. The Bertz CT molecular complexity index is 570. The van der Waals surface area contributed by atoms with E-state index in [1.54, 1.807) is 18.3 Å². The quantitative estimate of drug-likeness (QED) is 0.905. The first-order chi connectivity index (χ1) is 9.08. The second-order valence-electron chi connectivity index (χ2n) is 4.30. The maximum atomic E-state index is 12.8. The van der Waals surface area contributed by atoms with Gasteiger partial charge in [0, 0.05) is 6.54 Å². The lowest BCUT2D eigenvalue weighted by Crippen LogP contribution is -2.08. The number of halogens is 2. The summed E-state index contributed by atoms with van der Waals surface area (Å²) in [5, 5.41) is 3.24. The SMILES string of the molecule is Cc1c(N)cnc(NCCc2ccc(F)cc2)c1Br. The average molecular weight is 324 g/mol. The van der Waals surface area contributed by atoms with Gasteiger partial charge in [0.25, 0.3) is 0 Å². The fourth-order valence-electron chi connectivity index (χ4n) is 1.69. The van der Waals surface area contributed by atoms with Crippen LogP contribution in [-0.2, 0) is 6.42 Å². The van der Waals surface area contributed by atoms with Crippen LogP contribution in [0.25, 0.3) is 0 Å². The average Bonchev–Trinajstić information content (AvgIpc) is 2.41. The Morgan fingerprint density at radius 1 is 1.32 bits per heavy atom. The monoisotopic (exact) mass is 323 g/mol. The van der Waals surface area contributed by atoms with Gasteiger partial charge < -0.3 is 11.1 Å². The number of anilines is 2. The molecule has 2 rings (SSSR count). The van der Waals surface area contributed by atoms with E-state index in [1.807, 2.05) is 6.92 Å². The highest BCUT2D eigenvalue weighted by Crippen LogP contribution is 2.27. The number of nitrogens with zero attached hydrogens (tertiary/aromatic N) is 1. The highest BCUT2D eigenvalue weighted by atomic mass is 79.9. The van der Waals surface area contributed by atoms with Crippen molar-refractivity contribution in [1.29, 1.82) is 0 Å². The third kappa shape index (κ3) is 3.44. The van der Waals surface area contributed by atoms with E-state index in [0.29, 0.717) is 5.69 Å². The van der Waals surface area contributed by atoms with Crippen LogP contribution in [0.2, 0.25) is 0 Å². The Kier molecular flexibility index (Phi) is 4.37. The fourth-order valence-corrected chi connectivity index (χ4v) is 2.16. The molecule has 19 heavy (non-hydrogen) atoms. The summed E-state index contributed by atoms with van der Waals surface area (Å²) < 4.78 is 13.6. The molecule has 0 amide bonds. The maximum Gasteiger partial charge on any atom is 0.140 e. The van der Waals surface area contributed by atoms with Crippen LogP contribution in [0.3, 0.4) is 0 Å². The van der Waals surface area contributed by atoms with Crippen molar-refractivity contribution in [3.8, 4) is 0 Å². The molecule has 5 heteroatoms. The van der Waals surface area contributed by atoms with Gasteiger partial charge in [-0.1, -0.05) is 12.1 Å². The van der Waals surface area contributed by atoms with Gasteiger partial charge in [-0.2, -0.15) is 0 Å². The highest BCUT2D eigenvalue weighted by Gasteiger charge is 2.06. The summed E-state index contributed by atoms with van der Waals surface area (Å²) in [5.74, 6) is 0.559. The van der Waals surface area contributed by atoms with Crippen LogP contribution < -0.4 is 11.1 Å². The van der Waals surface area contributed by atoms with E-state index in [2.05, 4.69) is 26.2 Å². The number of hydrogen-bond donors (Lipinski definition) is 2. The predicted octanol–water partition coefficient (Wildman–Crippen LogP) is 3.53. The lowest BCUT2D eigenvalue weighted by atomic mass is 10.1. The third-order valence-corrected chi connectivity index (χ3v) is 3.89. The van der Waals surface area contributed by atoms with Crippen molar-refractivity contribution in [2.24, 2.45) is 0 Å². The van der Waals surface area contributed by atoms with Crippen LogP contribution in [0, 0.1) is 12.7 Å². The molecule has 0 unspecified atom stereocenters. The van der Waals surface area contributed by atoms with Gasteiger partial charge in [0.15, 0.2) is 0 Å². The van der Waals surface area contributed by atoms with Crippen LogP contribution in [0.5, 0.6) is 0 Å². The molecular weight excluding hydrogens is 309 g/mol. The second kappa shape index (κ2) is 6.02. The summed E-state index contributed by atoms with van der Waals surface area (Å²) in [6, 6.07) is 6.51. The maximum absolute atomic E-state index is 12.8. The largest absolute Gasteiger partial charge is 0.397 e. The van der Waals surface area contributed by atoms with E-state index in [0.717, 1.165) is 34.4 Å². The Labute approximate surface area is 120 Å². The number of rotatable bonds is 4. The Balaban J connectivity index is 1.96. The zero-order valence-corrected chi connectivity index (χ0v) is 12.2. The number of hydrogen-bond acceptors (Lipinski definition) is 3. The van der Waals surface area contributed by atoms with E-state index < -0.39 is 0 Å². The summed E-state index contributed by atoms with van der Waals surface area (Å²) in [6.07, 6.45) is 2.44. The van der Waals surface area contributed by atoms with Crippen molar-refractivity contribution in [1.82, 2.24) is 4.98 Å². The van der Waals surface area contributed by atoms with Gasteiger partial charge in [-0.05, 0) is 52.5 Å². The number of aromatic nitrogens is 1. The van der Waals surface area contributed by atoms with E-state index in [4.69, 9.17) is 5.73 Å². The molecule has 3 nitrogen and oxygen atoms in total. The second-order valence-corrected chi connectivity index (χ2v) is 5.10. The van der Waals surface area contributed by atoms with E-state index in [-0.39, 0.29) is 5.82 Å². The molecule has 1 heterocycles. The van der Waals surface area contributed by atoms with Crippen LogP contribution in [0.15, 0.2) is 34.9 Å². The molecule has 0 radical (unpaired) electrons. The van der Waals surface area contributed by atoms with Gasteiger partial charge in [0.1, 0.15) is 11.6 Å². The van der Waals surface area contributed by atoms with Crippen molar-refractivity contribution in [3.05, 3.63) is 51.9 Å². The molecule has 100 valence electrons. The minimum Gasteiger partial charge on any atom is -0.397 e. The molecule has 0 bridgehead atoms. The first kappa shape index (κ1) is 13.8. The standard InChI is InChI=1S/C14H15BrFN3/c1-9-12(17)8-19-14(13(9)15)18-7-6-10-2-4-11(16)5-3-10/h2-5,8H,6-7,17H2,1H3,(H,18,19). The van der Waals surface area contributed by atoms with Crippen molar-refractivity contribution >= 4 is 27.4 Å². The van der Waals surface area contributed by atoms with Crippen LogP contribution in [-0.4, -0.2) is 11.5 Å². The molecule has 0 saturated carbocycles. The van der Waals surface area contributed by atoms with E-state index >= 15 is 0 Å². The minimum atomic E-state index is -0.213. The molecule has 3 N–H and O–H groups in total. The van der Waals surface area contributed by atoms with Crippen LogP contribution >= 0.6 is 15.9 Å². The summed E-state index contributed by atoms with van der Waals surface area (Å²) in [5.41, 5.74) is 8.48. The zero-order chi connectivity index (χ0) is 13.8. The van der Waals surface area contributed by atoms with Gasteiger partial charge in [-0.15, -0.1) is 0 Å². The molecule has 0 spiro atoms. The lowest BCUT2D eigenvalue weighted by Gasteiger charge is -2.10. The van der Waals surface area contributed by atoms with Crippen LogP contribution in [0.4, 0.5) is 15.9 Å². The summed E-state index contributed by atoms with van der Waals surface area (Å²) in [7, 11) is 0. The topological polar surface area (TPSA) is 50.9 Å². The van der Waals surface area contributed by atoms with E-state index in [1.165, 1.54) is 12.1 Å². The van der Waals surface area contributed by atoms with Gasteiger partial charge in [-0.3, -0.25) is 0 Å². The van der Waals surface area contributed by atoms with Gasteiger partial charge in [-0.25, -0.2) is 9.37 Å². The molecular formula is C14H15BrFN3. The van der Waals surface area contributed by atoms with Gasteiger partial charge in [0.05, 0.1) is 16.4 Å². The molecule has 1 aromatic heterocycles. The number of benzene rings is 1. The van der Waals surface area contributed by atoms with Crippen molar-refractivity contribution in [3.63, 3.8) is 0 Å². The fraction of sp³-hybridized carbons (Fsp3) is 0.214. The summed E-state index contributed by atoms with van der Waals surface area (Å²) >= 11 is 3.47. The molecule has 0 aliphatic carbocycles. The van der Waals surface area contributed by atoms with Crippen LogP contribution in [0.1, 0.15) is 11.1 Å². The first-order valence-corrected chi connectivity index (χ1v) is 6.76. The Morgan fingerprint density at radius 2 is 2.00 bits per heavy atom. The normalized spacial score (nSPS) is 10.5. The molecule has 0 fully saturated rings. The molecule has 0 aliphatic rings. The first-order valence-electron chi connectivity index (χ1n) is 5.97. The molecule has 0 atom stereocenters. The summed E-state index contributed by atoms with van der Waals surface area (Å²) in [6.45, 7) is 2.66.